The summed E-state index contributed by atoms with van der Waals surface area (Å²) in [7, 11) is 0. The first-order valence-electron chi connectivity index (χ1n) is 10.0. The maximum Gasteiger partial charge on any atom is 0.573 e. The van der Waals surface area contributed by atoms with E-state index in [1.165, 1.54) is 35.2 Å². The van der Waals surface area contributed by atoms with Gasteiger partial charge in [0.1, 0.15) is 11.4 Å². The normalized spacial score (nSPS) is 13.7. The molecule has 6 nitrogen and oxygen atoms in total. The Bertz CT molecular complexity index is 1210. The second kappa shape index (κ2) is 9.81. The van der Waals surface area contributed by atoms with E-state index in [2.05, 4.69) is 9.72 Å². The van der Waals surface area contributed by atoms with Crippen molar-refractivity contribution in [3.63, 3.8) is 0 Å². The van der Waals surface area contributed by atoms with Gasteiger partial charge >= 0.3 is 6.36 Å². The van der Waals surface area contributed by atoms with Gasteiger partial charge in [0.05, 0.1) is 16.3 Å². The Kier molecular flexibility index (Phi) is 7.01. The first-order chi connectivity index (χ1) is 16.1. The zero-order valence-corrected chi connectivity index (χ0v) is 19.6. The van der Waals surface area contributed by atoms with Crippen LogP contribution in [0.5, 0.6) is 5.75 Å². The number of carbonyl (C=O) groups excluding carboxylic acids is 2. The highest BCUT2D eigenvalue weighted by atomic mass is 35.5. The number of likely N-dealkylation sites (tertiary alicyclic amines) is 1. The van der Waals surface area contributed by atoms with Crippen molar-refractivity contribution in [2.75, 3.05) is 18.0 Å². The summed E-state index contributed by atoms with van der Waals surface area (Å²) >= 11 is 13.2. The first-order valence-corrected chi connectivity index (χ1v) is 11.7. The van der Waals surface area contributed by atoms with Crippen molar-refractivity contribution in [3.05, 3.63) is 69.1 Å². The van der Waals surface area contributed by atoms with Crippen LogP contribution in [0.3, 0.4) is 0 Å². The van der Waals surface area contributed by atoms with E-state index < -0.39 is 18.0 Å². The van der Waals surface area contributed by atoms with Crippen LogP contribution < -0.4 is 9.64 Å². The highest BCUT2D eigenvalue weighted by molar-refractivity contribution is 7.14. The molecule has 0 unspecified atom stereocenters. The van der Waals surface area contributed by atoms with Crippen molar-refractivity contribution in [1.29, 1.82) is 0 Å². The van der Waals surface area contributed by atoms with E-state index in [1.54, 1.807) is 10.3 Å². The van der Waals surface area contributed by atoms with Gasteiger partial charge < -0.3 is 9.64 Å². The molecule has 2 amide bonds. The fourth-order valence-electron chi connectivity index (χ4n) is 3.44. The molecule has 2 heterocycles. The monoisotopic (exact) mass is 529 g/mol. The molecule has 0 bridgehead atoms. The van der Waals surface area contributed by atoms with E-state index in [4.69, 9.17) is 23.2 Å². The summed E-state index contributed by atoms with van der Waals surface area (Å²) < 4.78 is 41.5. The summed E-state index contributed by atoms with van der Waals surface area (Å²) in [5.41, 5.74) is 0.489. The Morgan fingerprint density at radius 2 is 1.74 bits per heavy atom. The Labute approximate surface area is 206 Å². The van der Waals surface area contributed by atoms with Gasteiger partial charge in [0.25, 0.3) is 11.8 Å². The number of hydrogen-bond donors (Lipinski definition) is 0. The van der Waals surface area contributed by atoms with Crippen molar-refractivity contribution < 1.29 is 27.5 Å². The predicted molar refractivity (Wildman–Crippen MR) is 123 cm³/mol. The standard InChI is InChI=1S/C22H16Cl2F3N3O3S/c23-13-3-8-16(17(24)11-13)19(31)30(14-4-6-15(7-5-14)33-22(25,26)27)21-28-18(12-34-21)20(32)29-9-1-2-10-29/h3-8,11-12H,1-2,9-10H2. The van der Waals surface area contributed by atoms with Crippen LogP contribution in [0.1, 0.15) is 33.7 Å². The van der Waals surface area contributed by atoms with E-state index in [9.17, 15) is 22.8 Å². The molecule has 0 atom stereocenters. The lowest BCUT2D eigenvalue weighted by molar-refractivity contribution is -0.274. The minimum absolute atomic E-state index is 0.0875. The number of hydrogen-bond acceptors (Lipinski definition) is 5. The van der Waals surface area contributed by atoms with Crippen LogP contribution >= 0.6 is 34.5 Å². The van der Waals surface area contributed by atoms with E-state index in [0.717, 1.165) is 36.3 Å². The second-order valence-electron chi connectivity index (χ2n) is 7.32. The second-order valence-corrected chi connectivity index (χ2v) is 9.00. The summed E-state index contributed by atoms with van der Waals surface area (Å²) in [6.07, 6.45) is -3.03. The van der Waals surface area contributed by atoms with Crippen LogP contribution in [0.4, 0.5) is 24.0 Å². The average molecular weight is 530 g/mol. The van der Waals surface area contributed by atoms with Crippen molar-refractivity contribution in [2.24, 2.45) is 0 Å². The summed E-state index contributed by atoms with van der Waals surface area (Å²) in [4.78, 5) is 33.4. The van der Waals surface area contributed by atoms with Crippen LogP contribution in [-0.2, 0) is 0 Å². The van der Waals surface area contributed by atoms with Gasteiger partial charge in [-0.05, 0) is 55.3 Å². The summed E-state index contributed by atoms with van der Waals surface area (Å²) in [6, 6.07) is 9.05. The molecule has 0 aliphatic carbocycles. The topological polar surface area (TPSA) is 62.7 Å². The fourth-order valence-corrected chi connectivity index (χ4v) is 4.75. The molecule has 0 saturated carbocycles. The molecule has 1 aliphatic heterocycles. The Morgan fingerprint density at radius 1 is 1.06 bits per heavy atom. The number of rotatable bonds is 5. The minimum Gasteiger partial charge on any atom is -0.406 e. The third-order valence-electron chi connectivity index (χ3n) is 4.99. The third-order valence-corrected chi connectivity index (χ3v) is 6.36. The smallest absolute Gasteiger partial charge is 0.406 e. The zero-order chi connectivity index (χ0) is 24.5. The number of carbonyl (C=O) groups is 2. The van der Waals surface area contributed by atoms with Crippen LogP contribution in [-0.4, -0.2) is 41.2 Å². The zero-order valence-electron chi connectivity index (χ0n) is 17.3. The molecule has 2 aromatic carbocycles. The molecule has 12 heteroatoms. The fraction of sp³-hybridized carbons (Fsp3) is 0.227. The predicted octanol–water partition coefficient (Wildman–Crippen LogP) is 6.56. The number of anilines is 2. The number of ether oxygens (including phenoxy) is 1. The largest absolute Gasteiger partial charge is 0.573 e. The lowest BCUT2D eigenvalue weighted by atomic mass is 10.2. The molecule has 1 aromatic heterocycles. The van der Waals surface area contributed by atoms with Crippen LogP contribution in [0.15, 0.2) is 47.8 Å². The lowest BCUT2D eigenvalue weighted by Gasteiger charge is -2.21. The Balaban J connectivity index is 1.71. The highest BCUT2D eigenvalue weighted by Crippen LogP contribution is 2.34. The number of aromatic nitrogens is 1. The average Bonchev–Trinajstić information content (AvgIpc) is 3.46. The number of halogens is 5. The Morgan fingerprint density at radius 3 is 2.35 bits per heavy atom. The maximum absolute atomic E-state index is 13.5. The van der Waals surface area contributed by atoms with Gasteiger partial charge in [0.2, 0.25) is 0 Å². The lowest BCUT2D eigenvalue weighted by Crippen LogP contribution is -2.29. The van der Waals surface area contributed by atoms with Gasteiger partial charge in [-0.3, -0.25) is 14.5 Å². The molecular weight excluding hydrogens is 514 g/mol. The van der Waals surface area contributed by atoms with Gasteiger partial charge in [-0.15, -0.1) is 24.5 Å². The van der Waals surface area contributed by atoms with Crippen molar-refractivity contribution in [2.45, 2.75) is 19.2 Å². The Hall–Kier alpha value is -2.82. The van der Waals surface area contributed by atoms with Crippen molar-refractivity contribution in [3.8, 4) is 5.75 Å². The van der Waals surface area contributed by atoms with Crippen molar-refractivity contribution >= 4 is 57.2 Å². The SMILES string of the molecule is O=C(c1csc(N(C(=O)c2ccc(Cl)cc2Cl)c2ccc(OC(F)(F)F)cc2)n1)N1CCCC1. The molecule has 1 fully saturated rings. The maximum atomic E-state index is 13.5. The molecule has 0 N–H and O–H groups in total. The third kappa shape index (κ3) is 5.45. The van der Waals surface area contributed by atoms with E-state index >= 15 is 0 Å². The highest BCUT2D eigenvalue weighted by Gasteiger charge is 2.32. The number of amides is 2. The molecule has 0 spiro atoms. The molecular formula is C22H16Cl2F3N3O3S. The minimum atomic E-state index is -4.85. The molecule has 1 aliphatic rings. The van der Waals surface area contributed by atoms with Crippen LogP contribution in [0.2, 0.25) is 10.0 Å². The van der Waals surface area contributed by atoms with Gasteiger partial charge in [0.15, 0.2) is 5.13 Å². The molecule has 1 saturated heterocycles. The first kappa shape index (κ1) is 24.3. The number of alkyl halides is 3. The number of nitrogens with zero attached hydrogens (tertiary/aromatic N) is 3. The van der Waals surface area contributed by atoms with Gasteiger partial charge in [-0.1, -0.05) is 23.2 Å². The van der Waals surface area contributed by atoms with E-state index in [0.29, 0.717) is 18.1 Å². The summed E-state index contributed by atoms with van der Waals surface area (Å²) in [5, 5.41) is 2.11. The number of benzene rings is 2. The van der Waals surface area contributed by atoms with E-state index in [1.807, 2.05) is 0 Å². The molecule has 0 radical (unpaired) electrons. The van der Waals surface area contributed by atoms with Crippen LogP contribution in [0.25, 0.3) is 0 Å². The molecule has 3 aromatic rings. The van der Waals surface area contributed by atoms with Crippen molar-refractivity contribution in [1.82, 2.24) is 9.88 Å². The quantitative estimate of drug-likeness (QED) is 0.375. The van der Waals surface area contributed by atoms with Gasteiger partial charge in [0, 0.05) is 23.5 Å². The van der Waals surface area contributed by atoms with Gasteiger partial charge in [-0.25, -0.2) is 4.98 Å². The van der Waals surface area contributed by atoms with E-state index in [-0.39, 0.29) is 33.0 Å². The number of thiazole rings is 1. The molecule has 34 heavy (non-hydrogen) atoms. The summed E-state index contributed by atoms with van der Waals surface area (Å²) in [5.74, 6) is -1.29. The molecule has 4 rings (SSSR count). The van der Waals surface area contributed by atoms with Gasteiger partial charge in [-0.2, -0.15) is 0 Å². The van der Waals surface area contributed by atoms with Crippen LogP contribution in [0, 0.1) is 0 Å². The molecule has 178 valence electrons. The summed E-state index contributed by atoms with van der Waals surface area (Å²) in [6.45, 7) is 1.27.